The molecule has 0 atom stereocenters. The number of guanidine groups is 1. The van der Waals surface area contributed by atoms with Crippen molar-refractivity contribution < 1.29 is 17.9 Å². The summed E-state index contributed by atoms with van der Waals surface area (Å²) in [5, 5.41) is 6.72. The van der Waals surface area contributed by atoms with Crippen molar-refractivity contribution in [3.8, 4) is 0 Å². The highest BCUT2D eigenvalue weighted by Crippen LogP contribution is 2.24. The SMILES string of the molecule is CCNC(=NCC1CCN(CCOC)CC1)NCCC1CCN(CC(F)(F)F)CC1. The van der Waals surface area contributed by atoms with Crippen molar-refractivity contribution in [2.24, 2.45) is 16.8 Å². The van der Waals surface area contributed by atoms with Crippen molar-refractivity contribution in [3.63, 3.8) is 0 Å². The van der Waals surface area contributed by atoms with Gasteiger partial charge in [0.05, 0.1) is 13.2 Å². The summed E-state index contributed by atoms with van der Waals surface area (Å²) < 4.78 is 42.6. The second kappa shape index (κ2) is 13.4. The monoisotopic (exact) mass is 435 g/mol. The van der Waals surface area contributed by atoms with Crippen LogP contribution in [0.1, 0.15) is 39.0 Å². The predicted octanol–water partition coefficient (Wildman–Crippen LogP) is 2.56. The minimum Gasteiger partial charge on any atom is -0.383 e. The zero-order valence-corrected chi connectivity index (χ0v) is 18.6. The van der Waals surface area contributed by atoms with Crippen LogP contribution in [-0.4, -0.2) is 94.6 Å². The minimum absolute atomic E-state index is 0.487. The summed E-state index contributed by atoms with van der Waals surface area (Å²) in [5.41, 5.74) is 0. The quantitative estimate of drug-likeness (QED) is 0.408. The van der Waals surface area contributed by atoms with Crippen LogP contribution >= 0.6 is 0 Å². The zero-order valence-electron chi connectivity index (χ0n) is 18.6. The molecule has 0 amide bonds. The van der Waals surface area contributed by atoms with Crippen LogP contribution in [0.15, 0.2) is 4.99 Å². The van der Waals surface area contributed by atoms with E-state index in [9.17, 15) is 13.2 Å². The van der Waals surface area contributed by atoms with Gasteiger partial charge in [0, 0.05) is 33.3 Å². The molecule has 2 rings (SSSR count). The summed E-state index contributed by atoms with van der Waals surface area (Å²) in [4.78, 5) is 8.75. The normalized spacial score (nSPS) is 21.2. The Morgan fingerprint density at radius 1 is 1.00 bits per heavy atom. The van der Waals surface area contributed by atoms with Gasteiger partial charge in [-0.25, -0.2) is 0 Å². The van der Waals surface area contributed by atoms with Gasteiger partial charge in [0.25, 0.3) is 0 Å². The first-order valence-corrected chi connectivity index (χ1v) is 11.4. The Kier molecular flexibility index (Phi) is 11.2. The van der Waals surface area contributed by atoms with Crippen LogP contribution in [0.4, 0.5) is 13.2 Å². The fraction of sp³-hybridized carbons (Fsp3) is 0.952. The van der Waals surface area contributed by atoms with Crippen LogP contribution in [0, 0.1) is 11.8 Å². The van der Waals surface area contributed by atoms with E-state index in [2.05, 4.69) is 22.5 Å². The number of nitrogens with one attached hydrogen (secondary N) is 2. The Bertz CT molecular complexity index is 488. The van der Waals surface area contributed by atoms with Crippen molar-refractivity contribution in [2.75, 3.05) is 72.6 Å². The van der Waals surface area contributed by atoms with Gasteiger partial charge in [-0.2, -0.15) is 13.2 Å². The molecule has 6 nitrogen and oxygen atoms in total. The number of piperidine rings is 2. The first-order chi connectivity index (χ1) is 14.4. The van der Waals surface area contributed by atoms with Crippen molar-refractivity contribution in [2.45, 2.75) is 45.2 Å². The van der Waals surface area contributed by atoms with Crippen molar-refractivity contribution in [1.29, 1.82) is 0 Å². The maximum atomic E-state index is 12.5. The smallest absolute Gasteiger partial charge is 0.383 e. The molecule has 2 N–H and O–H groups in total. The second-order valence-electron chi connectivity index (χ2n) is 8.55. The molecule has 0 aromatic heterocycles. The van der Waals surface area contributed by atoms with Crippen LogP contribution < -0.4 is 10.6 Å². The van der Waals surface area contributed by atoms with Crippen LogP contribution in [0.3, 0.4) is 0 Å². The van der Waals surface area contributed by atoms with Gasteiger partial charge < -0.3 is 20.3 Å². The number of methoxy groups -OCH3 is 1. The first kappa shape index (κ1) is 25.2. The standard InChI is InChI=1S/C21H40F3N5O/c1-3-25-20(27-16-19-7-10-28(11-8-19)14-15-30-2)26-9-4-18-5-12-29(13-6-18)17-21(22,23)24/h18-19H,3-17H2,1-2H3,(H2,25,26,27). The molecule has 0 saturated carbocycles. The highest BCUT2D eigenvalue weighted by atomic mass is 19.4. The number of ether oxygens (including phenoxy) is 1. The van der Waals surface area contributed by atoms with Gasteiger partial charge in [-0.1, -0.05) is 0 Å². The Morgan fingerprint density at radius 3 is 2.23 bits per heavy atom. The molecule has 2 saturated heterocycles. The third kappa shape index (κ3) is 10.3. The summed E-state index contributed by atoms with van der Waals surface area (Å²) in [6.07, 6.45) is 0.903. The van der Waals surface area contributed by atoms with Crippen molar-refractivity contribution in [1.82, 2.24) is 20.4 Å². The molecular formula is C21H40F3N5O. The average molecular weight is 436 g/mol. The Labute approximate surface area is 179 Å². The molecule has 0 unspecified atom stereocenters. The number of aliphatic imine (C=N–C) groups is 1. The number of hydrogen-bond acceptors (Lipinski definition) is 4. The van der Waals surface area contributed by atoms with E-state index in [4.69, 9.17) is 9.73 Å². The average Bonchev–Trinajstić information content (AvgIpc) is 2.71. The molecule has 176 valence electrons. The molecular weight excluding hydrogens is 395 g/mol. The first-order valence-electron chi connectivity index (χ1n) is 11.4. The van der Waals surface area contributed by atoms with Gasteiger partial charge >= 0.3 is 6.18 Å². The van der Waals surface area contributed by atoms with Crippen molar-refractivity contribution in [3.05, 3.63) is 0 Å². The topological polar surface area (TPSA) is 52.1 Å². The van der Waals surface area contributed by atoms with Crippen LogP contribution in [0.5, 0.6) is 0 Å². The van der Waals surface area contributed by atoms with E-state index in [1.807, 2.05) is 0 Å². The fourth-order valence-electron chi connectivity index (χ4n) is 4.26. The van der Waals surface area contributed by atoms with Crippen LogP contribution in [-0.2, 0) is 4.74 Å². The highest BCUT2D eigenvalue weighted by molar-refractivity contribution is 5.79. The van der Waals surface area contributed by atoms with E-state index < -0.39 is 12.7 Å². The number of nitrogens with zero attached hydrogens (tertiary/aromatic N) is 3. The highest BCUT2D eigenvalue weighted by Gasteiger charge is 2.32. The molecule has 0 spiro atoms. The lowest BCUT2D eigenvalue weighted by atomic mass is 9.93. The van der Waals surface area contributed by atoms with Gasteiger partial charge in [0.15, 0.2) is 5.96 Å². The molecule has 0 bridgehead atoms. The molecule has 2 aliphatic rings. The van der Waals surface area contributed by atoms with E-state index in [0.717, 1.165) is 71.1 Å². The molecule has 0 aliphatic carbocycles. The van der Waals surface area contributed by atoms with Gasteiger partial charge in [-0.15, -0.1) is 0 Å². The third-order valence-corrected chi connectivity index (χ3v) is 6.13. The molecule has 2 heterocycles. The summed E-state index contributed by atoms with van der Waals surface area (Å²) >= 11 is 0. The maximum Gasteiger partial charge on any atom is 0.401 e. The van der Waals surface area contributed by atoms with Crippen molar-refractivity contribution >= 4 is 5.96 Å². The van der Waals surface area contributed by atoms with Gasteiger partial charge in [-0.05, 0) is 77.0 Å². The van der Waals surface area contributed by atoms with Gasteiger partial charge in [-0.3, -0.25) is 9.89 Å². The summed E-state index contributed by atoms with van der Waals surface area (Å²) in [5.74, 6) is 1.97. The van der Waals surface area contributed by atoms with E-state index in [0.29, 0.717) is 24.9 Å². The zero-order chi connectivity index (χ0) is 21.8. The lowest BCUT2D eigenvalue weighted by Gasteiger charge is -2.32. The van der Waals surface area contributed by atoms with E-state index >= 15 is 0 Å². The van der Waals surface area contributed by atoms with E-state index in [1.54, 1.807) is 7.11 Å². The molecule has 0 aromatic rings. The molecule has 9 heteroatoms. The molecule has 0 aromatic carbocycles. The largest absolute Gasteiger partial charge is 0.401 e. The number of halogens is 3. The maximum absolute atomic E-state index is 12.5. The Hall–Kier alpha value is -1.06. The predicted molar refractivity (Wildman–Crippen MR) is 115 cm³/mol. The second-order valence-corrected chi connectivity index (χ2v) is 8.55. The summed E-state index contributed by atoms with van der Waals surface area (Å²) in [6.45, 7) is 8.85. The molecule has 30 heavy (non-hydrogen) atoms. The van der Waals surface area contributed by atoms with Gasteiger partial charge in [0.1, 0.15) is 0 Å². The molecule has 0 radical (unpaired) electrons. The number of alkyl halides is 3. The minimum atomic E-state index is -4.09. The number of hydrogen-bond donors (Lipinski definition) is 2. The number of rotatable bonds is 10. The van der Waals surface area contributed by atoms with Crippen LogP contribution in [0.2, 0.25) is 0 Å². The van der Waals surface area contributed by atoms with E-state index in [1.165, 1.54) is 17.7 Å². The molecule has 2 aliphatic heterocycles. The summed E-state index contributed by atoms with van der Waals surface area (Å²) in [6, 6.07) is 0. The lowest BCUT2D eigenvalue weighted by molar-refractivity contribution is -0.148. The molecule has 2 fully saturated rings. The fourth-order valence-corrected chi connectivity index (χ4v) is 4.26. The third-order valence-electron chi connectivity index (χ3n) is 6.13. The van der Waals surface area contributed by atoms with Crippen LogP contribution in [0.25, 0.3) is 0 Å². The number of likely N-dealkylation sites (tertiary alicyclic amines) is 2. The Balaban J connectivity index is 1.63. The Morgan fingerprint density at radius 2 is 1.63 bits per heavy atom. The summed E-state index contributed by atoms with van der Waals surface area (Å²) in [7, 11) is 1.74. The van der Waals surface area contributed by atoms with Gasteiger partial charge in [0.2, 0.25) is 0 Å². The van der Waals surface area contributed by atoms with E-state index in [-0.39, 0.29) is 0 Å². The lowest BCUT2D eigenvalue weighted by Crippen LogP contribution is -2.42.